The number of hydrogen-bond acceptors (Lipinski definition) is 3. The second-order valence-corrected chi connectivity index (χ2v) is 5.32. The zero-order valence-corrected chi connectivity index (χ0v) is 12.5. The van der Waals surface area contributed by atoms with Gasteiger partial charge >= 0.3 is 0 Å². The molecule has 1 heterocycles. The minimum Gasteiger partial charge on any atom is -0.213 e. The number of hydrogen-bond donors (Lipinski definition) is 0. The topological polar surface area (TPSA) is 38.7 Å². The summed E-state index contributed by atoms with van der Waals surface area (Å²) in [7, 11) is 0. The van der Waals surface area contributed by atoms with E-state index in [0.717, 1.165) is 21.4 Å². The molecule has 0 N–H and O–H groups in total. The first-order valence-corrected chi connectivity index (χ1v) is 7.06. The Bertz CT molecular complexity index is 724. The van der Waals surface area contributed by atoms with Crippen LogP contribution in [0.2, 0.25) is 0 Å². The molecule has 0 bridgehead atoms. The van der Waals surface area contributed by atoms with Crippen LogP contribution in [0.4, 0.5) is 0 Å². The summed E-state index contributed by atoms with van der Waals surface area (Å²) in [5.74, 6) is 2.12. The van der Waals surface area contributed by atoms with E-state index in [1.54, 1.807) is 0 Å². The summed E-state index contributed by atoms with van der Waals surface area (Å²) in [6.07, 6.45) is 0. The van der Waals surface area contributed by atoms with Gasteiger partial charge in [-0.1, -0.05) is 58.4 Å². The Morgan fingerprint density at radius 3 is 1.85 bits per heavy atom. The summed E-state index contributed by atoms with van der Waals surface area (Å²) in [5.41, 5.74) is 1.98. The molecule has 0 spiro atoms. The monoisotopic (exact) mass is 325 g/mol. The Morgan fingerprint density at radius 1 is 0.700 bits per heavy atom. The Morgan fingerprint density at radius 2 is 1.25 bits per heavy atom. The van der Waals surface area contributed by atoms with Gasteiger partial charge in [0.2, 0.25) is 0 Å². The number of benzene rings is 2. The highest BCUT2D eigenvalue weighted by Crippen LogP contribution is 2.21. The van der Waals surface area contributed by atoms with Crippen molar-refractivity contribution < 1.29 is 0 Å². The van der Waals surface area contributed by atoms with Crippen molar-refractivity contribution in [3.63, 3.8) is 0 Å². The highest BCUT2D eigenvalue weighted by molar-refractivity contribution is 9.10. The summed E-state index contributed by atoms with van der Waals surface area (Å²) >= 11 is 3.43. The van der Waals surface area contributed by atoms with Crippen molar-refractivity contribution in [2.45, 2.75) is 6.92 Å². The SMILES string of the molecule is Cc1nc(-c2ccccc2)nc(-c2ccc(Br)cc2)n1. The van der Waals surface area contributed by atoms with E-state index in [1.165, 1.54) is 0 Å². The maximum absolute atomic E-state index is 4.57. The molecular formula is C16H12BrN3. The molecule has 2 aromatic carbocycles. The molecule has 3 rings (SSSR count). The third-order valence-electron chi connectivity index (χ3n) is 2.88. The third-order valence-corrected chi connectivity index (χ3v) is 3.41. The van der Waals surface area contributed by atoms with Gasteiger partial charge < -0.3 is 0 Å². The van der Waals surface area contributed by atoms with Gasteiger partial charge in [-0.2, -0.15) is 0 Å². The molecule has 0 aliphatic carbocycles. The number of nitrogens with zero attached hydrogens (tertiary/aromatic N) is 3. The molecule has 0 fully saturated rings. The summed E-state index contributed by atoms with van der Waals surface area (Å²) in [6.45, 7) is 1.89. The van der Waals surface area contributed by atoms with Crippen LogP contribution in [0.5, 0.6) is 0 Å². The first kappa shape index (κ1) is 12.9. The van der Waals surface area contributed by atoms with Gasteiger partial charge in [-0.25, -0.2) is 15.0 Å². The predicted octanol–water partition coefficient (Wildman–Crippen LogP) is 4.28. The van der Waals surface area contributed by atoms with Crippen LogP contribution >= 0.6 is 15.9 Å². The average molecular weight is 326 g/mol. The van der Waals surface area contributed by atoms with Gasteiger partial charge in [-0.05, 0) is 19.1 Å². The number of halogens is 1. The van der Waals surface area contributed by atoms with Crippen LogP contribution < -0.4 is 0 Å². The predicted molar refractivity (Wildman–Crippen MR) is 83.1 cm³/mol. The molecule has 0 aliphatic rings. The zero-order chi connectivity index (χ0) is 13.9. The van der Waals surface area contributed by atoms with Gasteiger partial charge in [0.15, 0.2) is 11.6 Å². The van der Waals surface area contributed by atoms with Crippen LogP contribution in [0.25, 0.3) is 22.8 Å². The molecule has 0 radical (unpaired) electrons. The van der Waals surface area contributed by atoms with Crippen LogP contribution in [-0.4, -0.2) is 15.0 Å². The van der Waals surface area contributed by atoms with Gasteiger partial charge in [0.05, 0.1) is 0 Å². The van der Waals surface area contributed by atoms with Gasteiger partial charge in [-0.15, -0.1) is 0 Å². The molecule has 0 saturated carbocycles. The maximum atomic E-state index is 4.57. The van der Waals surface area contributed by atoms with E-state index in [4.69, 9.17) is 0 Å². The van der Waals surface area contributed by atoms with Crippen molar-refractivity contribution in [1.29, 1.82) is 0 Å². The van der Waals surface area contributed by atoms with Crippen molar-refractivity contribution in [2.75, 3.05) is 0 Å². The normalized spacial score (nSPS) is 10.5. The van der Waals surface area contributed by atoms with Crippen LogP contribution in [0.15, 0.2) is 59.1 Å². The Balaban J connectivity index is 2.09. The molecule has 0 atom stereocenters. The second kappa shape index (κ2) is 5.51. The molecule has 3 nitrogen and oxygen atoms in total. The van der Waals surface area contributed by atoms with Gasteiger partial charge in [0.1, 0.15) is 5.82 Å². The molecule has 3 aromatic rings. The highest BCUT2D eigenvalue weighted by atomic mass is 79.9. The van der Waals surface area contributed by atoms with Gasteiger partial charge in [0.25, 0.3) is 0 Å². The zero-order valence-electron chi connectivity index (χ0n) is 10.9. The van der Waals surface area contributed by atoms with E-state index in [1.807, 2.05) is 61.5 Å². The van der Waals surface area contributed by atoms with E-state index in [2.05, 4.69) is 30.9 Å². The molecule has 1 aromatic heterocycles. The molecule has 20 heavy (non-hydrogen) atoms. The van der Waals surface area contributed by atoms with E-state index < -0.39 is 0 Å². The summed E-state index contributed by atoms with van der Waals surface area (Å²) in [4.78, 5) is 13.4. The maximum Gasteiger partial charge on any atom is 0.163 e. The largest absolute Gasteiger partial charge is 0.213 e. The van der Waals surface area contributed by atoms with Gasteiger partial charge in [0, 0.05) is 15.6 Å². The quantitative estimate of drug-likeness (QED) is 0.706. The fourth-order valence-corrected chi connectivity index (χ4v) is 2.19. The minimum atomic E-state index is 0.698. The smallest absolute Gasteiger partial charge is 0.163 e. The summed E-state index contributed by atoms with van der Waals surface area (Å²) < 4.78 is 1.04. The number of aromatic nitrogens is 3. The second-order valence-electron chi connectivity index (χ2n) is 4.40. The standard InChI is InChI=1S/C16H12BrN3/c1-11-18-15(12-5-3-2-4-6-12)20-16(19-11)13-7-9-14(17)10-8-13/h2-10H,1H3. The molecule has 0 unspecified atom stereocenters. The van der Waals surface area contributed by atoms with Crippen LogP contribution in [0.3, 0.4) is 0 Å². The van der Waals surface area contributed by atoms with E-state index in [9.17, 15) is 0 Å². The highest BCUT2D eigenvalue weighted by Gasteiger charge is 2.07. The molecular weight excluding hydrogens is 314 g/mol. The van der Waals surface area contributed by atoms with E-state index >= 15 is 0 Å². The molecule has 0 amide bonds. The Labute approximate surface area is 125 Å². The average Bonchev–Trinajstić information content (AvgIpc) is 2.48. The lowest BCUT2D eigenvalue weighted by atomic mass is 10.2. The van der Waals surface area contributed by atoms with Crippen LogP contribution in [0, 0.1) is 6.92 Å². The lowest BCUT2D eigenvalue weighted by Crippen LogP contribution is -1.99. The number of rotatable bonds is 2. The lowest BCUT2D eigenvalue weighted by Gasteiger charge is -2.05. The lowest BCUT2D eigenvalue weighted by molar-refractivity contribution is 0.992. The molecule has 0 saturated heterocycles. The van der Waals surface area contributed by atoms with Crippen molar-refractivity contribution >= 4 is 15.9 Å². The van der Waals surface area contributed by atoms with E-state index in [-0.39, 0.29) is 0 Å². The Hall–Kier alpha value is -2.07. The fraction of sp³-hybridized carbons (Fsp3) is 0.0625. The van der Waals surface area contributed by atoms with Crippen molar-refractivity contribution in [3.8, 4) is 22.8 Å². The first-order chi connectivity index (χ1) is 9.72. The summed E-state index contributed by atoms with van der Waals surface area (Å²) in [5, 5.41) is 0. The van der Waals surface area contributed by atoms with Crippen LogP contribution in [0.1, 0.15) is 5.82 Å². The molecule has 4 heteroatoms. The fourth-order valence-electron chi connectivity index (χ4n) is 1.93. The minimum absolute atomic E-state index is 0.698. The molecule has 98 valence electrons. The van der Waals surface area contributed by atoms with E-state index in [0.29, 0.717) is 11.6 Å². The van der Waals surface area contributed by atoms with Crippen molar-refractivity contribution in [3.05, 3.63) is 64.9 Å². The molecule has 0 aliphatic heterocycles. The van der Waals surface area contributed by atoms with Gasteiger partial charge in [-0.3, -0.25) is 0 Å². The summed E-state index contributed by atoms with van der Waals surface area (Å²) in [6, 6.07) is 17.9. The first-order valence-electron chi connectivity index (χ1n) is 6.26. The van der Waals surface area contributed by atoms with Crippen molar-refractivity contribution in [2.24, 2.45) is 0 Å². The third kappa shape index (κ3) is 2.75. The number of aryl methyl sites for hydroxylation is 1. The van der Waals surface area contributed by atoms with Crippen molar-refractivity contribution in [1.82, 2.24) is 15.0 Å². The Kier molecular flexibility index (Phi) is 3.56. The van der Waals surface area contributed by atoms with Crippen LogP contribution in [-0.2, 0) is 0 Å².